The lowest BCUT2D eigenvalue weighted by Gasteiger charge is -2.05. The molecule has 0 aliphatic rings. The molecule has 0 saturated carbocycles. The molecule has 0 bridgehead atoms. The molecule has 6 heteroatoms. The number of fused-ring (bicyclic) bond motifs is 1. The molecule has 0 aliphatic heterocycles. The number of carbonyl (C=O) groups is 1. The van der Waals surface area contributed by atoms with Gasteiger partial charge in [-0.2, -0.15) is 0 Å². The fourth-order valence-electron chi connectivity index (χ4n) is 2.71. The van der Waals surface area contributed by atoms with Crippen molar-refractivity contribution in [3.05, 3.63) is 90.3 Å². The second-order valence-electron chi connectivity index (χ2n) is 6.12. The second-order valence-corrected chi connectivity index (χ2v) is 6.12. The van der Waals surface area contributed by atoms with Gasteiger partial charge in [-0.25, -0.2) is 9.97 Å². The zero-order valence-corrected chi connectivity index (χ0v) is 14.6. The number of carbonyl (C=O) groups excluding carboxylic acids is 1. The fourth-order valence-corrected chi connectivity index (χ4v) is 2.71. The fraction of sp³-hybridized carbons (Fsp3) is 0.0952. The summed E-state index contributed by atoms with van der Waals surface area (Å²) in [5.74, 6) is 0.218. The average molecular weight is 358 g/mol. The summed E-state index contributed by atoms with van der Waals surface area (Å²) >= 11 is 0. The highest BCUT2D eigenvalue weighted by molar-refractivity contribution is 5.91. The highest BCUT2D eigenvalue weighted by Gasteiger charge is 2.03. The molecule has 27 heavy (non-hydrogen) atoms. The maximum Gasteiger partial charge on any atom is 0.244 e. The first-order valence-corrected chi connectivity index (χ1v) is 8.61. The van der Waals surface area contributed by atoms with Gasteiger partial charge in [0.15, 0.2) is 5.58 Å². The monoisotopic (exact) mass is 358 g/mol. The van der Waals surface area contributed by atoms with Crippen LogP contribution >= 0.6 is 0 Å². The van der Waals surface area contributed by atoms with Gasteiger partial charge in [-0.05, 0) is 23.3 Å². The van der Waals surface area contributed by atoms with E-state index in [0.29, 0.717) is 18.0 Å². The van der Waals surface area contributed by atoms with Gasteiger partial charge in [0, 0.05) is 37.6 Å². The van der Waals surface area contributed by atoms with Gasteiger partial charge < -0.3 is 14.3 Å². The standard InChI is InChI=1S/C21H18N4O2/c26-20(9-10-21-24-18-3-1-2-4-19(18)27-21)23-13-16-5-7-17(8-6-16)14-25-12-11-22-15-25/h1-12,15H,13-14H2,(H,23,26)/b10-9+. The number of benzene rings is 2. The van der Waals surface area contributed by atoms with E-state index in [9.17, 15) is 4.79 Å². The van der Waals surface area contributed by atoms with E-state index >= 15 is 0 Å². The summed E-state index contributed by atoms with van der Waals surface area (Å²) in [7, 11) is 0. The second kappa shape index (κ2) is 7.70. The Morgan fingerprint density at radius 2 is 1.93 bits per heavy atom. The Morgan fingerprint density at radius 1 is 1.11 bits per heavy atom. The number of hydrogen-bond acceptors (Lipinski definition) is 4. The van der Waals surface area contributed by atoms with Crippen LogP contribution in [0.15, 0.2) is 77.7 Å². The molecular weight excluding hydrogens is 340 g/mol. The predicted molar refractivity (Wildman–Crippen MR) is 103 cm³/mol. The largest absolute Gasteiger partial charge is 0.437 e. The smallest absolute Gasteiger partial charge is 0.244 e. The Hall–Kier alpha value is -3.67. The van der Waals surface area contributed by atoms with Crippen molar-refractivity contribution in [2.45, 2.75) is 13.1 Å². The van der Waals surface area contributed by atoms with Crippen molar-refractivity contribution in [1.82, 2.24) is 19.9 Å². The minimum absolute atomic E-state index is 0.195. The van der Waals surface area contributed by atoms with Crippen LogP contribution in [0.25, 0.3) is 17.2 Å². The summed E-state index contributed by atoms with van der Waals surface area (Å²) in [5, 5.41) is 2.86. The molecule has 134 valence electrons. The molecular formula is C21H18N4O2. The van der Waals surface area contributed by atoms with E-state index in [1.54, 1.807) is 18.6 Å². The molecule has 0 spiro atoms. The van der Waals surface area contributed by atoms with Gasteiger partial charge in [-0.3, -0.25) is 4.79 Å². The van der Waals surface area contributed by atoms with E-state index in [0.717, 1.165) is 17.6 Å². The first kappa shape index (κ1) is 16.8. The van der Waals surface area contributed by atoms with Gasteiger partial charge in [-0.1, -0.05) is 36.4 Å². The highest BCUT2D eigenvalue weighted by Crippen LogP contribution is 2.15. The van der Waals surface area contributed by atoms with Gasteiger partial charge >= 0.3 is 0 Å². The van der Waals surface area contributed by atoms with Crippen molar-refractivity contribution in [2.24, 2.45) is 0 Å². The Labute approximate surface area is 156 Å². The number of oxazole rings is 1. The molecule has 2 aromatic carbocycles. The number of nitrogens with one attached hydrogen (secondary N) is 1. The van der Waals surface area contributed by atoms with Crippen LogP contribution in [-0.2, 0) is 17.9 Å². The molecule has 0 radical (unpaired) electrons. The number of rotatable bonds is 6. The lowest BCUT2D eigenvalue weighted by molar-refractivity contribution is -0.116. The number of aromatic nitrogens is 3. The minimum Gasteiger partial charge on any atom is -0.437 e. The van der Waals surface area contributed by atoms with Crippen molar-refractivity contribution >= 4 is 23.1 Å². The quantitative estimate of drug-likeness (QED) is 0.536. The molecule has 0 aliphatic carbocycles. The zero-order valence-electron chi connectivity index (χ0n) is 14.6. The number of imidazole rings is 1. The minimum atomic E-state index is -0.195. The first-order valence-electron chi connectivity index (χ1n) is 8.61. The van der Waals surface area contributed by atoms with Crippen molar-refractivity contribution < 1.29 is 9.21 Å². The normalized spacial score (nSPS) is 11.3. The van der Waals surface area contributed by atoms with E-state index in [2.05, 4.69) is 27.4 Å². The van der Waals surface area contributed by atoms with Gasteiger partial charge in [0.05, 0.1) is 6.33 Å². The SMILES string of the molecule is O=C(/C=C/c1nc2ccccc2o1)NCc1ccc(Cn2ccnc2)cc1. The van der Waals surface area contributed by atoms with Crippen LogP contribution < -0.4 is 5.32 Å². The molecule has 1 N–H and O–H groups in total. The van der Waals surface area contributed by atoms with Gasteiger partial charge in [0.2, 0.25) is 11.8 Å². The molecule has 2 aromatic heterocycles. The van der Waals surface area contributed by atoms with Crippen LogP contribution in [0.2, 0.25) is 0 Å². The topological polar surface area (TPSA) is 73.0 Å². The molecule has 2 heterocycles. The van der Waals surface area contributed by atoms with E-state index in [1.165, 1.54) is 11.6 Å². The van der Waals surface area contributed by atoms with Gasteiger partial charge in [-0.15, -0.1) is 0 Å². The van der Waals surface area contributed by atoms with E-state index in [4.69, 9.17) is 4.42 Å². The summed E-state index contributed by atoms with van der Waals surface area (Å²) in [4.78, 5) is 20.3. The third-order valence-corrected chi connectivity index (χ3v) is 4.10. The first-order chi connectivity index (χ1) is 13.3. The zero-order chi connectivity index (χ0) is 18.5. The maximum absolute atomic E-state index is 12.0. The van der Waals surface area contributed by atoms with Crippen LogP contribution in [0.5, 0.6) is 0 Å². The van der Waals surface area contributed by atoms with Gasteiger partial charge in [0.1, 0.15) is 5.52 Å². The molecule has 4 aromatic rings. The summed E-state index contributed by atoms with van der Waals surface area (Å²) < 4.78 is 7.56. The third kappa shape index (κ3) is 4.30. The Morgan fingerprint density at radius 3 is 2.70 bits per heavy atom. The third-order valence-electron chi connectivity index (χ3n) is 4.10. The van der Waals surface area contributed by atoms with Gasteiger partial charge in [0.25, 0.3) is 0 Å². The van der Waals surface area contributed by atoms with Crippen LogP contribution in [0, 0.1) is 0 Å². The maximum atomic E-state index is 12.0. The molecule has 0 saturated heterocycles. The summed E-state index contributed by atoms with van der Waals surface area (Å²) in [6.45, 7) is 1.24. The number of amides is 1. The van der Waals surface area contributed by atoms with Crippen LogP contribution in [0.4, 0.5) is 0 Å². The van der Waals surface area contributed by atoms with Crippen molar-refractivity contribution in [3.8, 4) is 0 Å². The highest BCUT2D eigenvalue weighted by atomic mass is 16.3. The Balaban J connectivity index is 1.30. The summed E-state index contributed by atoms with van der Waals surface area (Å²) in [6, 6.07) is 15.6. The van der Waals surface area contributed by atoms with Crippen molar-refractivity contribution in [3.63, 3.8) is 0 Å². The van der Waals surface area contributed by atoms with E-state index in [-0.39, 0.29) is 5.91 Å². The van der Waals surface area contributed by atoms with Crippen LogP contribution in [-0.4, -0.2) is 20.4 Å². The van der Waals surface area contributed by atoms with Crippen LogP contribution in [0.1, 0.15) is 17.0 Å². The number of nitrogens with zero attached hydrogens (tertiary/aromatic N) is 3. The number of para-hydroxylation sites is 2. The Kier molecular flexibility index (Phi) is 4.78. The van der Waals surface area contributed by atoms with E-state index < -0.39 is 0 Å². The van der Waals surface area contributed by atoms with Crippen molar-refractivity contribution in [1.29, 1.82) is 0 Å². The lowest BCUT2D eigenvalue weighted by atomic mass is 10.1. The van der Waals surface area contributed by atoms with Crippen LogP contribution in [0.3, 0.4) is 0 Å². The lowest BCUT2D eigenvalue weighted by Crippen LogP contribution is -2.20. The van der Waals surface area contributed by atoms with E-state index in [1.807, 2.05) is 47.2 Å². The molecule has 1 amide bonds. The number of hydrogen-bond donors (Lipinski definition) is 1. The molecule has 4 rings (SSSR count). The summed E-state index contributed by atoms with van der Waals surface area (Å²) in [5.41, 5.74) is 3.69. The summed E-state index contributed by atoms with van der Waals surface area (Å²) in [6.07, 6.45) is 8.48. The molecule has 6 nitrogen and oxygen atoms in total. The predicted octanol–water partition coefficient (Wildman–Crippen LogP) is 3.40. The molecule has 0 atom stereocenters. The molecule has 0 fully saturated rings. The Bertz CT molecular complexity index is 1030. The van der Waals surface area contributed by atoms with Crippen molar-refractivity contribution in [2.75, 3.05) is 0 Å². The molecule has 0 unspecified atom stereocenters. The average Bonchev–Trinajstić information content (AvgIpc) is 3.35.